The Bertz CT molecular complexity index is 742. The average Bonchev–Trinajstić information content (AvgIpc) is 2.66. The van der Waals surface area contributed by atoms with Crippen molar-refractivity contribution >= 4 is 17.9 Å². The van der Waals surface area contributed by atoms with Gasteiger partial charge in [-0.1, -0.05) is 12.1 Å². The molecule has 1 saturated heterocycles. The van der Waals surface area contributed by atoms with E-state index in [0.29, 0.717) is 25.9 Å². The van der Waals surface area contributed by atoms with E-state index in [4.69, 9.17) is 9.47 Å². The SMILES string of the molecule is C[C@@H](Oc1ccccc1F)C(=O)NNC(=O)C1CCN(C(=O)OC(C)(C)C)CC1. The number of hydrogen-bond donors (Lipinski definition) is 2. The van der Waals surface area contributed by atoms with Crippen LogP contribution in [0.25, 0.3) is 0 Å². The van der Waals surface area contributed by atoms with Gasteiger partial charge in [-0.05, 0) is 52.7 Å². The minimum Gasteiger partial charge on any atom is -0.478 e. The Labute approximate surface area is 169 Å². The average molecular weight is 409 g/mol. The van der Waals surface area contributed by atoms with Crippen LogP contribution in [0.5, 0.6) is 5.75 Å². The molecule has 1 aromatic carbocycles. The molecule has 0 radical (unpaired) electrons. The molecule has 0 aromatic heterocycles. The summed E-state index contributed by atoms with van der Waals surface area (Å²) in [6, 6.07) is 5.75. The van der Waals surface area contributed by atoms with Crippen LogP contribution in [0.15, 0.2) is 24.3 Å². The van der Waals surface area contributed by atoms with Crippen LogP contribution in [0.1, 0.15) is 40.5 Å². The highest BCUT2D eigenvalue weighted by molar-refractivity contribution is 5.85. The molecule has 9 heteroatoms. The Morgan fingerprint density at radius 2 is 1.76 bits per heavy atom. The third-order valence-electron chi connectivity index (χ3n) is 4.34. The van der Waals surface area contributed by atoms with Crippen molar-refractivity contribution in [2.75, 3.05) is 13.1 Å². The Morgan fingerprint density at radius 3 is 2.34 bits per heavy atom. The lowest BCUT2D eigenvalue weighted by Crippen LogP contribution is -2.51. The number of carbonyl (C=O) groups excluding carboxylic acids is 3. The smallest absolute Gasteiger partial charge is 0.410 e. The van der Waals surface area contributed by atoms with Crippen LogP contribution in [0.3, 0.4) is 0 Å². The normalized spacial score (nSPS) is 16.0. The number of nitrogens with zero attached hydrogens (tertiary/aromatic N) is 1. The van der Waals surface area contributed by atoms with Gasteiger partial charge in [0.15, 0.2) is 17.7 Å². The molecule has 1 aliphatic heterocycles. The lowest BCUT2D eigenvalue weighted by molar-refractivity contribution is -0.135. The molecule has 160 valence electrons. The summed E-state index contributed by atoms with van der Waals surface area (Å²) in [4.78, 5) is 38.0. The zero-order valence-corrected chi connectivity index (χ0v) is 17.2. The lowest BCUT2D eigenvalue weighted by atomic mass is 9.96. The number of benzene rings is 1. The van der Waals surface area contributed by atoms with Gasteiger partial charge in [0, 0.05) is 19.0 Å². The van der Waals surface area contributed by atoms with Crippen molar-refractivity contribution in [2.45, 2.75) is 52.2 Å². The fraction of sp³-hybridized carbons (Fsp3) is 0.550. The van der Waals surface area contributed by atoms with Gasteiger partial charge in [-0.25, -0.2) is 9.18 Å². The third kappa shape index (κ3) is 6.92. The first-order chi connectivity index (χ1) is 13.6. The highest BCUT2D eigenvalue weighted by Gasteiger charge is 2.30. The van der Waals surface area contributed by atoms with Crippen molar-refractivity contribution < 1.29 is 28.2 Å². The number of likely N-dealkylation sites (tertiary alicyclic amines) is 1. The highest BCUT2D eigenvalue weighted by atomic mass is 19.1. The standard InChI is InChI=1S/C20H28FN3O5/c1-13(28-16-8-6-5-7-15(16)21)17(25)22-23-18(26)14-9-11-24(12-10-14)19(27)29-20(2,3)4/h5-8,13-14H,9-12H2,1-4H3,(H,22,25)(H,23,26)/t13-/m1/s1. The molecule has 0 unspecified atom stereocenters. The number of rotatable bonds is 4. The molecule has 0 bridgehead atoms. The van der Waals surface area contributed by atoms with E-state index in [9.17, 15) is 18.8 Å². The predicted molar refractivity (Wildman–Crippen MR) is 103 cm³/mol. The second-order valence-electron chi connectivity index (χ2n) is 7.91. The van der Waals surface area contributed by atoms with Gasteiger partial charge in [-0.3, -0.25) is 20.4 Å². The van der Waals surface area contributed by atoms with Gasteiger partial charge in [0.1, 0.15) is 5.60 Å². The summed E-state index contributed by atoms with van der Waals surface area (Å²) in [5, 5.41) is 0. The first-order valence-corrected chi connectivity index (χ1v) is 9.55. The Balaban J connectivity index is 1.75. The summed E-state index contributed by atoms with van der Waals surface area (Å²) < 4.78 is 24.2. The van der Waals surface area contributed by atoms with Gasteiger partial charge >= 0.3 is 6.09 Å². The van der Waals surface area contributed by atoms with E-state index in [1.807, 2.05) is 0 Å². The molecule has 0 spiro atoms. The van der Waals surface area contributed by atoms with Crippen LogP contribution in [0.4, 0.5) is 9.18 Å². The molecule has 1 heterocycles. The van der Waals surface area contributed by atoms with Crippen molar-refractivity contribution in [3.63, 3.8) is 0 Å². The van der Waals surface area contributed by atoms with E-state index in [2.05, 4.69) is 10.9 Å². The van der Waals surface area contributed by atoms with Crippen molar-refractivity contribution in [3.05, 3.63) is 30.1 Å². The zero-order chi connectivity index (χ0) is 21.6. The minimum absolute atomic E-state index is 0.0454. The molecular formula is C20H28FN3O5. The second kappa shape index (κ2) is 9.58. The number of ether oxygens (including phenoxy) is 2. The van der Waals surface area contributed by atoms with Crippen LogP contribution >= 0.6 is 0 Å². The summed E-state index contributed by atoms with van der Waals surface area (Å²) in [5.41, 5.74) is 4.09. The van der Waals surface area contributed by atoms with Crippen LogP contribution < -0.4 is 15.6 Å². The number of halogens is 1. The predicted octanol–water partition coefficient (Wildman–Crippen LogP) is 2.39. The summed E-state index contributed by atoms with van der Waals surface area (Å²) in [5.74, 6) is -1.91. The molecule has 0 aliphatic carbocycles. The zero-order valence-electron chi connectivity index (χ0n) is 17.2. The van der Waals surface area contributed by atoms with Gasteiger partial charge < -0.3 is 14.4 Å². The minimum atomic E-state index is -0.999. The summed E-state index contributed by atoms with van der Waals surface area (Å²) >= 11 is 0. The van der Waals surface area contributed by atoms with Gasteiger partial charge in [0.25, 0.3) is 5.91 Å². The monoisotopic (exact) mass is 409 g/mol. The summed E-state index contributed by atoms with van der Waals surface area (Å²) in [7, 11) is 0. The van der Waals surface area contributed by atoms with Gasteiger partial charge in [-0.15, -0.1) is 0 Å². The third-order valence-corrected chi connectivity index (χ3v) is 4.34. The van der Waals surface area contributed by atoms with E-state index in [1.165, 1.54) is 25.1 Å². The number of hydrogen-bond acceptors (Lipinski definition) is 5. The molecule has 2 rings (SSSR count). The summed E-state index contributed by atoms with van der Waals surface area (Å²) in [6.45, 7) is 7.63. The van der Waals surface area contributed by atoms with Gasteiger partial charge in [0.05, 0.1) is 0 Å². The van der Waals surface area contributed by atoms with E-state index < -0.39 is 29.5 Å². The van der Waals surface area contributed by atoms with E-state index in [1.54, 1.807) is 31.7 Å². The first kappa shape index (κ1) is 22.4. The number of carbonyl (C=O) groups is 3. The molecule has 3 amide bonds. The number of para-hydroxylation sites is 1. The fourth-order valence-corrected chi connectivity index (χ4v) is 2.76. The molecule has 0 saturated carbocycles. The van der Waals surface area contributed by atoms with Crippen molar-refractivity contribution in [3.8, 4) is 5.75 Å². The maximum Gasteiger partial charge on any atom is 0.410 e. The van der Waals surface area contributed by atoms with E-state index in [-0.39, 0.29) is 17.6 Å². The number of hydrazine groups is 1. The molecule has 1 fully saturated rings. The maximum atomic E-state index is 13.6. The molecule has 29 heavy (non-hydrogen) atoms. The quantitative estimate of drug-likeness (QED) is 0.745. The van der Waals surface area contributed by atoms with Crippen LogP contribution in [-0.2, 0) is 14.3 Å². The van der Waals surface area contributed by atoms with Crippen LogP contribution in [-0.4, -0.2) is 47.6 Å². The topological polar surface area (TPSA) is 97.0 Å². The number of piperidine rings is 1. The van der Waals surface area contributed by atoms with E-state index >= 15 is 0 Å². The molecule has 8 nitrogen and oxygen atoms in total. The first-order valence-electron chi connectivity index (χ1n) is 9.55. The second-order valence-corrected chi connectivity index (χ2v) is 7.91. The molecule has 1 aromatic rings. The van der Waals surface area contributed by atoms with Crippen LogP contribution in [0.2, 0.25) is 0 Å². The van der Waals surface area contributed by atoms with Gasteiger partial charge in [0.2, 0.25) is 5.91 Å². The Kier molecular flexibility index (Phi) is 7.41. The fourth-order valence-electron chi connectivity index (χ4n) is 2.76. The largest absolute Gasteiger partial charge is 0.478 e. The molecular weight excluding hydrogens is 381 g/mol. The van der Waals surface area contributed by atoms with Crippen molar-refractivity contribution in [2.24, 2.45) is 5.92 Å². The summed E-state index contributed by atoms with van der Waals surface area (Å²) in [6.07, 6.45) is -0.477. The highest BCUT2D eigenvalue weighted by Crippen LogP contribution is 2.20. The van der Waals surface area contributed by atoms with Gasteiger partial charge in [-0.2, -0.15) is 0 Å². The Hall–Kier alpha value is -2.84. The van der Waals surface area contributed by atoms with E-state index in [0.717, 1.165) is 0 Å². The lowest BCUT2D eigenvalue weighted by Gasteiger charge is -2.32. The van der Waals surface area contributed by atoms with Crippen molar-refractivity contribution in [1.82, 2.24) is 15.8 Å². The molecule has 1 aliphatic rings. The number of nitrogens with one attached hydrogen (secondary N) is 2. The maximum absolute atomic E-state index is 13.6. The van der Waals surface area contributed by atoms with Crippen molar-refractivity contribution in [1.29, 1.82) is 0 Å². The molecule has 1 atom stereocenters. The van der Waals surface area contributed by atoms with Crippen LogP contribution in [0, 0.1) is 11.7 Å². The Morgan fingerprint density at radius 1 is 1.14 bits per heavy atom. The number of amides is 3. The molecule has 2 N–H and O–H groups in total.